The Morgan fingerprint density at radius 2 is 2.31 bits per heavy atom. The third kappa shape index (κ3) is 2.76. The number of aromatic hydroxyl groups is 1. The maximum atomic E-state index is 11.1. The molecule has 0 bridgehead atoms. The summed E-state index contributed by atoms with van der Waals surface area (Å²) in [5.74, 6) is -0.482. The van der Waals surface area contributed by atoms with Crippen molar-refractivity contribution in [2.24, 2.45) is 0 Å². The lowest BCUT2D eigenvalue weighted by Crippen LogP contribution is -2.06. The van der Waals surface area contributed by atoms with Gasteiger partial charge in [0.25, 0.3) is 0 Å². The zero-order valence-corrected chi connectivity index (χ0v) is 7.19. The molecule has 13 heavy (non-hydrogen) atoms. The van der Waals surface area contributed by atoms with Gasteiger partial charge in [-0.1, -0.05) is 6.07 Å². The van der Waals surface area contributed by atoms with E-state index in [1.165, 1.54) is 19.2 Å². The topological polar surface area (TPSA) is 55.8 Å². The summed E-state index contributed by atoms with van der Waals surface area (Å²) < 4.78 is 9.22. The summed E-state index contributed by atoms with van der Waals surface area (Å²) in [5.41, 5.74) is 0.303. The van der Waals surface area contributed by atoms with E-state index in [2.05, 4.69) is 9.47 Å². The highest BCUT2D eigenvalue weighted by atomic mass is 16.7. The van der Waals surface area contributed by atoms with Crippen LogP contribution in [0.25, 0.3) is 0 Å². The molecule has 0 heterocycles. The molecule has 1 aromatic carbocycles. The van der Waals surface area contributed by atoms with Gasteiger partial charge in [-0.2, -0.15) is 0 Å². The average molecular weight is 182 g/mol. The Morgan fingerprint density at radius 3 is 2.92 bits per heavy atom. The van der Waals surface area contributed by atoms with Gasteiger partial charge in [0.05, 0.1) is 5.56 Å². The fraction of sp³-hybridized carbons (Fsp3) is 0.222. The van der Waals surface area contributed by atoms with Gasteiger partial charge in [-0.15, -0.1) is 0 Å². The molecule has 4 nitrogen and oxygen atoms in total. The van der Waals surface area contributed by atoms with Crippen molar-refractivity contribution in [1.82, 2.24) is 0 Å². The van der Waals surface area contributed by atoms with E-state index in [-0.39, 0.29) is 12.5 Å². The molecule has 0 atom stereocenters. The third-order valence-corrected chi connectivity index (χ3v) is 1.39. The van der Waals surface area contributed by atoms with Gasteiger partial charge >= 0.3 is 5.97 Å². The number of rotatable bonds is 3. The highest BCUT2D eigenvalue weighted by molar-refractivity contribution is 5.89. The monoisotopic (exact) mass is 182 g/mol. The van der Waals surface area contributed by atoms with Gasteiger partial charge in [-0.25, -0.2) is 4.79 Å². The first-order valence-electron chi connectivity index (χ1n) is 3.69. The summed E-state index contributed by atoms with van der Waals surface area (Å²) in [4.78, 5) is 11.1. The lowest BCUT2D eigenvalue weighted by molar-refractivity contribution is -0.0125. The number of phenols is 1. The summed E-state index contributed by atoms with van der Waals surface area (Å²) in [6.45, 7) is -0.0888. The lowest BCUT2D eigenvalue weighted by atomic mass is 10.2. The fourth-order valence-corrected chi connectivity index (χ4v) is 0.829. The molecule has 70 valence electrons. The number of carbonyl (C=O) groups excluding carboxylic acids is 1. The van der Waals surface area contributed by atoms with Crippen molar-refractivity contribution >= 4 is 5.97 Å². The predicted octanol–water partition coefficient (Wildman–Crippen LogP) is 1.15. The molecular formula is C9H10O4. The van der Waals surface area contributed by atoms with E-state index in [1.54, 1.807) is 12.1 Å². The van der Waals surface area contributed by atoms with Crippen LogP contribution < -0.4 is 0 Å². The summed E-state index contributed by atoms with van der Waals surface area (Å²) >= 11 is 0. The minimum atomic E-state index is -0.516. The number of hydrogen-bond acceptors (Lipinski definition) is 4. The smallest absolute Gasteiger partial charge is 0.340 e. The van der Waals surface area contributed by atoms with Crippen LogP contribution in [0.3, 0.4) is 0 Å². The standard InChI is InChI=1S/C9H10O4/c1-12-6-13-9(11)7-3-2-4-8(10)5-7/h2-5,10H,6H2,1H3. The Bertz CT molecular complexity index is 295. The van der Waals surface area contributed by atoms with Crippen LogP contribution in [0.4, 0.5) is 0 Å². The number of benzene rings is 1. The number of phenolic OH excluding ortho intramolecular Hbond substituents is 1. The van der Waals surface area contributed by atoms with Crippen LogP contribution in [0.1, 0.15) is 10.4 Å². The van der Waals surface area contributed by atoms with E-state index < -0.39 is 5.97 Å². The van der Waals surface area contributed by atoms with Crippen LogP contribution in [0, 0.1) is 0 Å². The van der Waals surface area contributed by atoms with Crippen molar-refractivity contribution in [2.45, 2.75) is 0 Å². The Balaban J connectivity index is 2.66. The van der Waals surface area contributed by atoms with Gasteiger partial charge < -0.3 is 14.6 Å². The second-order valence-electron chi connectivity index (χ2n) is 2.39. The number of methoxy groups -OCH3 is 1. The highest BCUT2D eigenvalue weighted by Crippen LogP contribution is 2.11. The van der Waals surface area contributed by atoms with E-state index in [4.69, 9.17) is 5.11 Å². The molecule has 0 spiro atoms. The molecular weight excluding hydrogens is 172 g/mol. The number of ether oxygens (including phenoxy) is 2. The lowest BCUT2D eigenvalue weighted by Gasteiger charge is -2.02. The molecule has 1 N–H and O–H groups in total. The van der Waals surface area contributed by atoms with Crippen molar-refractivity contribution in [1.29, 1.82) is 0 Å². The van der Waals surface area contributed by atoms with Gasteiger partial charge in [0.15, 0.2) is 6.79 Å². The quantitative estimate of drug-likeness (QED) is 0.562. The Morgan fingerprint density at radius 1 is 1.54 bits per heavy atom. The number of carbonyl (C=O) groups is 1. The molecule has 0 aliphatic carbocycles. The van der Waals surface area contributed by atoms with Crippen molar-refractivity contribution in [3.63, 3.8) is 0 Å². The molecule has 0 radical (unpaired) electrons. The van der Waals surface area contributed by atoms with E-state index in [0.717, 1.165) is 0 Å². The van der Waals surface area contributed by atoms with E-state index in [0.29, 0.717) is 5.56 Å². The average Bonchev–Trinajstić information content (AvgIpc) is 2.14. The minimum absolute atomic E-state index is 0.0341. The maximum Gasteiger partial charge on any atom is 0.340 e. The van der Waals surface area contributed by atoms with E-state index in [1.807, 2.05) is 0 Å². The zero-order chi connectivity index (χ0) is 9.68. The minimum Gasteiger partial charge on any atom is -0.508 e. The second-order valence-corrected chi connectivity index (χ2v) is 2.39. The van der Waals surface area contributed by atoms with Crippen LogP contribution in [0.2, 0.25) is 0 Å². The van der Waals surface area contributed by atoms with Gasteiger partial charge in [0.1, 0.15) is 5.75 Å². The van der Waals surface area contributed by atoms with Gasteiger partial charge in [0, 0.05) is 7.11 Å². The van der Waals surface area contributed by atoms with Crippen molar-refractivity contribution in [3.05, 3.63) is 29.8 Å². The summed E-state index contributed by atoms with van der Waals surface area (Å²) in [6.07, 6.45) is 0. The van der Waals surface area contributed by atoms with Gasteiger partial charge in [-0.3, -0.25) is 0 Å². The van der Waals surface area contributed by atoms with E-state index in [9.17, 15) is 4.79 Å². The first kappa shape index (κ1) is 9.54. The van der Waals surface area contributed by atoms with Gasteiger partial charge in [-0.05, 0) is 18.2 Å². The molecule has 0 saturated heterocycles. The largest absolute Gasteiger partial charge is 0.508 e. The van der Waals surface area contributed by atoms with Crippen LogP contribution in [0.5, 0.6) is 5.75 Å². The Labute approximate surface area is 75.7 Å². The third-order valence-electron chi connectivity index (χ3n) is 1.39. The van der Waals surface area contributed by atoms with Crippen molar-refractivity contribution in [3.8, 4) is 5.75 Å². The van der Waals surface area contributed by atoms with Crippen LogP contribution >= 0.6 is 0 Å². The fourth-order valence-electron chi connectivity index (χ4n) is 0.829. The summed E-state index contributed by atoms with van der Waals surface area (Å²) in [7, 11) is 1.43. The Kier molecular flexibility index (Phi) is 3.28. The molecule has 4 heteroatoms. The SMILES string of the molecule is COCOC(=O)c1cccc(O)c1. The highest BCUT2D eigenvalue weighted by Gasteiger charge is 2.06. The van der Waals surface area contributed by atoms with Crippen molar-refractivity contribution < 1.29 is 19.4 Å². The first-order chi connectivity index (χ1) is 6.24. The molecule has 0 aliphatic rings. The second kappa shape index (κ2) is 4.47. The van der Waals surface area contributed by atoms with Crippen molar-refractivity contribution in [2.75, 3.05) is 13.9 Å². The zero-order valence-electron chi connectivity index (χ0n) is 7.19. The first-order valence-corrected chi connectivity index (χ1v) is 3.69. The van der Waals surface area contributed by atoms with Crippen LogP contribution in [0.15, 0.2) is 24.3 Å². The Hall–Kier alpha value is -1.55. The summed E-state index contributed by atoms with van der Waals surface area (Å²) in [5, 5.41) is 9.05. The summed E-state index contributed by atoms with van der Waals surface area (Å²) in [6, 6.07) is 5.93. The molecule has 0 unspecified atom stereocenters. The molecule has 0 aliphatic heterocycles. The molecule has 0 fully saturated rings. The maximum absolute atomic E-state index is 11.1. The van der Waals surface area contributed by atoms with E-state index >= 15 is 0 Å². The molecule has 1 aromatic rings. The molecule has 0 aromatic heterocycles. The predicted molar refractivity (Wildman–Crippen MR) is 45.4 cm³/mol. The molecule has 1 rings (SSSR count). The van der Waals surface area contributed by atoms with Crippen LogP contribution in [-0.2, 0) is 9.47 Å². The molecule has 0 saturated carbocycles. The number of hydrogen-bond donors (Lipinski definition) is 1. The normalized spacial score (nSPS) is 9.62. The molecule has 0 amide bonds. The van der Waals surface area contributed by atoms with Crippen LogP contribution in [-0.4, -0.2) is 25.0 Å². The number of esters is 1. The van der Waals surface area contributed by atoms with Gasteiger partial charge in [0.2, 0.25) is 0 Å².